The first-order valence-corrected chi connectivity index (χ1v) is 3.22. The summed E-state index contributed by atoms with van der Waals surface area (Å²) in [5.74, 6) is 0. The predicted molar refractivity (Wildman–Crippen MR) is 42.6 cm³/mol. The van der Waals surface area contributed by atoms with Crippen LogP contribution in [0, 0.1) is 0 Å². The summed E-state index contributed by atoms with van der Waals surface area (Å²) in [5, 5.41) is 1.14. The van der Waals surface area contributed by atoms with Crippen LogP contribution in [0.3, 0.4) is 0 Å². The van der Waals surface area contributed by atoms with Gasteiger partial charge < -0.3 is 5.48 Å². The molecule has 2 rings (SSSR count). The summed E-state index contributed by atoms with van der Waals surface area (Å²) in [5.41, 5.74) is 0.935. The fraction of sp³-hybridized carbons (Fsp3) is 0. The van der Waals surface area contributed by atoms with Crippen LogP contribution in [0.2, 0.25) is 0 Å². The first-order valence-electron chi connectivity index (χ1n) is 3.22. The molecule has 0 saturated carbocycles. The molecule has 1 aromatic carbocycles. The van der Waals surface area contributed by atoms with E-state index in [1.807, 2.05) is 36.4 Å². The molecular weight excluding hydrogens is 140 g/mol. The Morgan fingerprint density at radius 3 is 2.45 bits per heavy atom. The van der Waals surface area contributed by atoms with Crippen molar-refractivity contribution in [2.45, 2.75) is 0 Å². The van der Waals surface area contributed by atoms with Gasteiger partial charge in [0.15, 0.2) is 0 Å². The molecule has 0 radical (unpaired) electrons. The van der Waals surface area contributed by atoms with Crippen LogP contribution in [0.5, 0.6) is 0 Å². The normalized spacial score (nSPS) is 9.09. The Balaban J connectivity index is 0.000000605. The lowest BCUT2D eigenvalue weighted by Crippen LogP contribution is -1.67. The van der Waals surface area contributed by atoms with Crippen LogP contribution in [-0.2, 0) is 0 Å². The fourth-order valence-electron chi connectivity index (χ4n) is 0.981. The maximum absolute atomic E-state index is 5.21. The van der Waals surface area contributed by atoms with Crippen LogP contribution in [0.25, 0.3) is 11.0 Å². The van der Waals surface area contributed by atoms with Crippen LogP contribution in [-0.4, -0.2) is 5.48 Å². The van der Waals surface area contributed by atoms with Gasteiger partial charge in [-0.15, -0.1) is 0 Å². The average Bonchev–Trinajstić information content (AvgIpc) is 2.05. The molecule has 11 heavy (non-hydrogen) atoms. The maximum Gasteiger partial charge on any atom is 0.359 e. The highest BCUT2D eigenvalue weighted by Gasteiger charge is 1.99. The van der Waals surface area contributed by atoms with Crippen molar-refractivity contribution >= 4 is 11.0 Å². The molecule has 0 aliphatic carbocycles. The molecule has 1 heterocycles. The van der Waals surface area contributed by atoms with Gasteiger partial charge in [-0.1, -0.05) is 12.1 Å². The van der Waals surface area contributed by atoms with Gasteiger partial charge in [0.1, 0.15) is 0 Å². The summed E-state index contributed by atoms with van der Waals surface area (Å²) in [4.78, 5) is 0. The predicted octanol–water partition coefficient (Wildman–Crippen LogP) is 2.54. The third-order valence-corrected chi connectivity index (χ3v) is 1.47. The second kappa shape index (κ2) is 3.12. The third kappa shape index (κ3) is 1.36. The molecule has 0 spiro atoms. The van der Waals surface area contributed by atoms with Crippen molar-refractivity contribution in [3.63, 3.8) is 0 Å². The lowest BCUT2D eigenvalue weighted by Gasteiger charge is -1.81. The van der Waals surface area contributed by atoms with E-state index in [9.17, 15) is 0 Å². The Morgan fingerprint density at radius 1 is 0.909 bits per heavy atom. The number of para-hydroxylation sites is 1. The Kier molecular flexibility index (Phi) is 2.18. The summed E-state index contributed by atoms with van der Waals surface area (Å²) in [6.45, 7) is 0. The van der Waals surface area contributed by atoms with E-state index >= 15 is 0 Å². The molecule has 1 N–H and O–H groups in total. The molecule has 0 bridgehead atoms. The molecule has 0 atom stereocenters. The van der Waals surface area contributed by atoms with Crippen molar-refractivity contribution in [3.8, 4) is 0 Å². The van der Waals surface area contributed by atoms with Crippen molar-refractivity contribution in [2.75, 3.05) is 0 Å². The smallest absolute Gasteiger partial charge is 0.359 e. The monoisotopic (exact) mass is 148 g/mol. The largest absolute Gasteiger partial charge is 0.870 e. The minimum Gasteiger partial charge on any atom is -0.870 e. The highest BCUT2D eigenvalue weighted by atomic mass is 16.3. The van der Waals surface area contributed by atoms with Crippen molar-refractivity contribution in [1.82, 2.24) is 0 Å². The van der Waals surface area contributed by atoms with Gasteiger partial charge in [-0.3, -0.25) is 0 Å². The van der Waals surface area contributed by atoms with Gasteiger partial charge in [-0.05, 0) is 12.1 Å². The molecule has 0 amide bonds. The second-order valence-electron chi connectivity index (χ2n) is 2.15. The van der Waals surface area contributed by atoms with E-state index in [4.69, 9.17) is 4.42 Å². The number of benzene rings is 1. The number of fused-ring (bicyclic) bond motifs is 1. The zero-order valence-electron chi connectivity index (χ0n) is 5.90. The maximum atomic E-state index is 5.21. The minimum absolute atomic E-state index is 0. The lowest BCUT2D eigenvalue weighted by atomic mass is 10.2. The van der Waals surface area contributed by atoms with E-state index in [1.165, 1.54) is 0 Å². The third-order valence-electron chi connectivity index (χ3n) is 1.47. The Bertz CT molecular complexity index is 279. The first-order chi connectivity index (χ1) is 4.97. The molecule has 2 aromatic rings. The minimum atomic E-state index is 0. The summed E-state index contributed by atoms with van der Waals surface area (Å²) in [7, 11) is 0. The van der Waals surface area contributed by atoms with Gasteiger partial charge in [-0.25, -0.2) is 4.42 Å². The van der Waals surface area contributed by atoms with Gasteiger partial charge in [-0.2, -0.15) is 0 Å². The van der Waals surface area contributed by atoms with Gasteiger partial charge >= 0.3 is 11.8 Å². The standard InChI is InChI=1S/C9H7O.H2O/c1-2-6-9-8(4-1)5-3-7-10-9;/h1-7H;1H2/q+1;/p-1. The van der Waals surface area contributed by atoms with E-state index in [-0.39, 0.29) is 5.48 Å². The number of hydrogen-bond donors (Lipinski definition) is 0. The van der Waals surface area contributed by atoms with E-state index in [1.54, 1.807) is 6.26 Å². The highest BCUT2D eigenvalue weighted by molar-refractivity contribution is 5.75. The summed E-state index contributed by atoms with van der Waals surface area (Å²) < 4.78 is 5.21. The van der Waals surface area contributed by atoms with E-state index in [0.29, 0.717) is 0 Å². The molecule has 0 unspecified atom stereocenters. The van der Waals surface area contributed by atoms with E-state index < -0.39 is 0 Å². The fourth-order valence-corrected chi connectivity index (χ4v) is 0.981. The topological polar surface area (TPSA) is 41.3 Å². The Morgan fingerprint density at radius 2 is 1.64 bits per heavy atom. The molecule has 0 fully saturated rings. The SMILES string of the molecule is [OH-].c1ccc2[o+]cccc2c1. The van der Waals surface area contributed by atoms with Crippen LogP contribution >= 0.6 is 0 Å². The summed E-state index contributed by atoms with van der Waals surface area (Å²) in [6, 6.07) is 11.9. The number of hydrogen-bond acceptors (Lipinski definition) is 1. The lowest BCUT2D eigenvalue weighted by molar-refractivity contribution is 0.604. The van der Waals surface area contributed by atoms with Crippen molar-refractivity contribution in [1.29, 1.82) is 0 Å². The Labute approximate surface area is 64.4 Å². The zero-order chi connectivity index (χ0) is 6.81. The van der Waals surface area contributed by atoms with Crippen LogP contribution in [0.4, 0.5) is 0 Å². The summed E-state index contributed by atoms with van der Waals surface area (Å²) in [6.07, 6.45) is 1.68. The number of rotatable bonds is 0. The van der Waals surface area contributed by atoms with Gasteiger partial charge in [0.05, 0.1) is 5.39 Å². The van der Waals surface area contributed by atoms with E-state index in [2.05, 4.69) is 0 Å². The Hall–Kier alpha value is -1.41. The molecular formula is C9H8O2. The van der Waals surface area contributed by atoms with Crippen molar-refractivity contribution in [2.24, 2.45) is 0 Å². The summed E-state index contributed by atoms with van der Waals surface area (Å²) >= 11 is 0. The van der Waals surface area contributed by atoms with Gasteiger partial charge in [0.25, 0.3) is 0 Å². The van der Waals surface area contributed by atoms with Gasteiger partial charge in [0, 0.05) is 12.1 Å². The molecule has 1 aromatic heterocycles. The van der Waals surface area contributed by atoms with Crippen LogP contribution < -0.4 is 0 Å². The van der Waals surface area contributed by atoms with Crippen LogP contribution in [0.15, 0.2) is 47.1 Å². The van der Waals surface area contributed by atoms with Crippen LogP contribution in [0.1, 0.15) is 0 Å². The van der Waals surface area contributed by atoms with Crippen molar-refractivity contribution in [3.05, 3.63) is 42.7 Å². The molecule has 2 nitrogen and oxygen atoms in total. The second-order valence-corrected chi connectivity index (χ2v) is 2.15. The van der Waals surface area contributed by atoms with E-state index in [0.717, 1.165) is 11.0 Å². The van der Waals surface area contributed by atoms with Crippen molar-refractivity contribution < 1.29 is 9.89 Å². The highest BCUT2D eigenvalue weighted by Crippen LogP contribution is 2.11. The van der Waals surface area contributed by atoms with Gasteiger partial charge in [0.2, 0.25) is 0 Å². The average molecular weight is 148 g/mol. The molecule has 0 aliphatic heterocycles. The molecule has 0 aliphatic rings. The molecule has 2 heteroatoms. The molecule has 56 valence electrons. The first kappa shape index (κ1) is 7.69. The molecule has 0 saturated heterocycles. The zero-order valence-corrected chi connectivity index (χ0v) is 5.90. The quantitative estimate of drug-likeness (QED) is 0.538.